The van der Waals surface area contributed by atoms with E-state index in [4.69, 9.17) is 0 Å². The molecule has 160 valence electrons. The molecule has 2 nitrogen and oxygen atoms in total. The third-order valence-electron chi connectivity index (χ3n) is 9.50. The summed E-state index contributed by atoms with van der Waals surface area (Å²) in [6.07, 6.45) is 18.1. The number of hydrogen-bond acceptors (Lipinski definition) is 2. The summed E-state index contributed by atoms with van der Waals surface area (Å²) < 4.78 is 0. The molecule has 0 aliphatic heterocycles. The van der Waals surface area contributed by atoms with Crippen LogP contribution in [0, 0.1) is 40.4 Å². The number of rotatable bonds is 4. The van der Waals surface area contributed by atoms with Crippen LogP contribution < -0.4 is 0 Å². The van der Waals surface area contributed by atoms with Gasteiger partial charge in [0.25, 0.3) is 0 Å². The molecule has 3 saturated carbocycles. The number of ketones is 1. The molecule has 4 aliphatic carbocycles. The van der Waals surface area contributed by atoms with E-state index in [9.17, 15) is 9.90 Å². The first-order valence-corrected chi connectivity index (χ1v) is 11.9. The molecule has 3 fully saturated rings. The van der Waals surface area contributed by atoms with Gasteiger partial charge < -0.3 is 5.11 Å². The first-order valence-electron chi connectivity index (χ1n) is 11.9. The van der Waals surface area contributed by atoms with Crippen molar-refractivity contribution < 1.29 is 9.90 Å². The van der Waals surface area contributed by atoms with E-state index in [1.807, 2.05) is 6.08 Å². The lowest BCUT2D eigenvalue weighted by Gasteiger charge is -2.61. The largest absolute Gasteiger partial charge is 0.389 e. The van der Waals surface area contributed by atoms with Crippen molar-refractivity contribution in [3.63, 3.8) is 0 Å². The van der Waals surface area contributed by atoms with Crippen LogP contribution >= 0.6 is 0 Å². The number of carbonyl (C=O) groups excluding carboxylic acids is 1. The summed E-state index contributed by atoms with van der Waals surface area (Å²) in [7, 11) is 0. The molecule has 29 heavy (non-hydrogen) atoms. The van der Waals surface area contributed by atoms with E-state index in [0.29, 0.717) is 29.6 Å². The van der Waals surface area contributed by atoms with Crippen molar-refractivity contribution in [1.29, 1.82) is 0 Å². The molecule has 0 aromatic rings. The number of carbonyl (C=O) groups is 1. The molecule has 0 saturated heterocycles. The predicted molar refractivity (Wildman–Crippen MR) is 119 cm³/mol. The molecule has 0 radical (unpaired) electrons. The van der Waals surface area contributed by atoms with Crippen molar-refractivity contribution in [3.05, 3.63) is 36.0 Å². The Morgan fingerprint density at radius 1 is 1.14 bits per heavy atom. The lowest BCUT2D eigenvalue weighted by atomic mass is 9.45. The molecular formula is C27H40O2. The number of aliphatic hydroxyl groups is 1. The number of hydrogen-bond donors (Lipinski definition) is 1. The summed E-state index contributed by atoms with van der Waals surface area (Å²) in [6, 6.07) is 0. The van der Waals surface area contributed by atoms with Crippen LogP contribution in [0.15, 0.2) is 36.0 Å². The molecule has 7 atom stereocenters. The Hall–Kier alpha value is -1.15. The van der Waals surface area contributed by atoms with E-state index in [2.05, 4.69) is 52.8 Å². The highest BCUT2D eigenvalue weighted by Gasteiger charge is 2.66. The Labute approximate surface area is 177 Å². The van der Waals surface area contributed by atoms with Gasteiger partial charge in [0.05, 0.1) is 5.60 Å². The van der Waals surface area contributed by atoms with Crippen LogP contribution in [0.2, 0.25) is 0 Å². The molecule has 0 aromatic carbocycles. The second-order valence-electron chi connectivity index (χ2n) is 11.4. The summed E-state index contributed by atoms with van der Waals surface area (Å²) in [4.78, 5) is 11.9. The SMILES string of the molecule is CC(C)CC=CC(C)C1CCC2(O)C3CCC4=CC(=O)C=CC4(C)C3CCC12C. The molecule has 4 rings (SSSR count). The Morgan fingerprint density at radius 2 is 1.90 bits per heavy atom. The molecule has 1 N–H and O–H groups in total. The van der Waals surface area contributed by atoms with Crippen LogP contribution in [-0.4, -0.2) is 16.5 Å². The third kappa shape index (κ3) is 3.12. The van der Waals surface area contributed by atoms with Gasteiger partial charge in [-0.05, 0) is 92.1 Å². The van der Waals surface area contributed by atoms with Gasteiger partial charge in [-0.15, -0.1) is 0 Å². The quantitative estimate of drug-likeness (QED) is 0.569. The minimum Gasteiger partial charge on any atom is -0.389 e. The number of allylic oxidation sites excluding steroid dienone is 6. The molecule has 2 heteroatoms. The van der Waals surface area contributed by atoms with E-state index in [-0.39, 0.29) is 16.6 Å². The Bertz CT molecular complexity index is 758. The van der Waals surface area contributed by atoms with Gasteiger partial charge in [0.2, 0.25) is 0 Å². The second-order valence-corrected chi connectivity index (χ2v) is 11.4. The predicted octanol–water partition coefficient (Wildman–Crippen LogP) is 6.26. The molecule has 0 amide bonds. The number of fused-ring (bicyclic) bond motifs is 5. The van der Waals surface area contributed by atoms with Crippen LogP contribution in [0.1, 0.15) is 79.6 Å². The highest BCUT2D eigenvalue weighted by atomic mass is 16.3. The van der Waals surface area contributed by atoms with E-state index < -0.39 is 5.60 Å². The van der Waals surface area contributed by atoms with Crippen LogP contribution in [-0.2, 0) is 4.79 Å². The fraction of sp³-hybridized carbons (Fsp3) is 0.741. The second kappa shape index (κ2) is 7.22. The van der Waals surface area contributed by atoms with Crippen molar-refractivity contribution in [2.75, 3.05) is 0 Å². The maximum atomic E-state index is 12.2. The van der Waals surface area contributed by atoms with Crippen molar-refractivity contribution in [1.82, 2.24) is 0 Å². The molecule has 0 spiro atoms. The van der Waals surface area contributed by atoms with Crippen molar-refractivity contribution in [2.45, 2.75) is 85.2 Å². The molecule has 7 unspecified atom stereocenters. The van der Waals surface area contributed by atoms with Gasteiger partial charge in [-0.2, -0.15) is 0 Å². The van der Waals surface area contributed by atoms with E-state index in [1.165, 1.54) is 5.57 Å². The normalized spacial score (nSPS) is 45.1. The average molecular weight is 397 g/mol. The van der Waals surface area contributed by atoms with Gasteiger partial charge in [-0.3, -0.25) is 4.79 Å². The third-order valence-corrected chi connectivity index (χ3v) is 9.50. The van der Waals surface area contributed by atoms with Crippen LogP contribution in [0.4, 0.5) is 0 Å². The van der Waals surface area contributed by atoms with E-state index in [0.717, 1.165) is 44.9 Å². The van der Waals surface area contributed by atoms with Crippen molar-refractivity contribution in [2.24, 2.45) is 40.4 Å². The van der Waals surface area contributed by atoms with Crippen LogP contribution in [0.25, 0.3) is 0 Å². The minimum absolute atomic E-state index is 0.00152. The Kier molecular flexibility index (Phi) is 5.25. The monoisotopic (exact) mass is 396 g/mol. The summed E-state index contributed by atoms with van der Waals surface area (Å²) in [5.41, 5.74) is 0.693. The maximum absolute atomic E-state index is 12.2. The maximum Gasteiger partial charge on any atom is 0.178 e. The minimum atomic E-state index is -0.565. The smallest absolute Gasteiger partial charge is 0.178 e. The van der Waals surface area contributed by atoms with Gasteiger partial charge in [-0.1, -0.05) is 58.4 Å². The zero-order chi connectivity index (χ0) is 21.0. The van der Waals surface area contributed by atoms with E-state index >= 15 is 0 Å². The van der Waals surface area contributed by atoms with Crippen LogP contribution in [0.3, 0.4) is 0 Å². The fourth-order valence-electron chi connectivity index (χ4n) is 7.75. The lowest BCUT2D eigenvalue weighted by molar-refractivity contribution is -0.180. The summed E-state index contributed by atoms with van der Waals surface area (Å²) in [5.74, 6) is 2.72. The van der Waals surface area contributed by atoms with Gasteiger partial charge in [0.1, 0.15) is 0 Å². The molecule has 0 heterocycles. The molecule has 0 bridgehead atoms. The zero-order valence-corrected chi connectivity index (χ0v) is 19.1. The van der Waals surface area contributed by atoms with Gasteiger partial charge in [-0.25, -0.2) is 0 Å². The van der Waals surface area contributed by atoms with Crippen LogP contribution in [0.5, 0.6) is 0 Å². The lowest BCUT2D eigenvalue weighted by Crippen LogP contribution is -2.60. The molecule has 4 aliphatic rings. The summed E-state index contributed by atoms with van der Waals surface area (Å²) in [6.45, 7) is 11.6. The van der Waals surface area contributed by atoms with E-state index in [1.54, 1.807) is 6.08 Å². The first kappa shape index (κ1) is 21.1. The summed E-state index contributed by atoms with van der Waals surface area (Å²) in [5, 5.41) is 12.2. The van der Waals surface area contributed by atoms with Gasteiger partial charge >= 0.3 is 0 Å². The Morgan fingerprint density at radius 3 is 2.62 bits per heavy atom. The summed E-state index contributed by atoms with van der Waals surface area (Å²) >= 11 is 0. The fourth-order valence-corrected chi connectivity index (χ4v) is 7.75. The average Bonchev–Trinajstić information content (AvgIpc) is 2.93. The Balaban J connectivity index is 1.60. The van der Waals surface area contributed by atoms with Crippen molar-refractivity contribution >= 4 is 5.78 Å². The van der Waals surface area contributed by atoms with Gasteiger partial charge in [0.15, 0.2) is 5.78 Å². The zero-order valence-electron chi connectivity index (χ0n) is 19.1. The standard InChI is InChI=1S/C27H40O2/c1-18(2)7-6-8-19(3)22-13-16-27(29)24-10-9-20-17-21(28)11-14-25(20,4)23(24)12-15-26(22,27)5/h6,8,11,14,17-19,22-24,29H,7,9-10,12-13,15-16H2,1-5H3. The highest BCUT2D eigenvalue weighted by Crippen LogP contribution is 2.68. The van der Waals surface area contributed by atoms with Crippen molar-refractivity contribution in [3.8, 4) is 0 Å². The highest BCUT2D eigenvalue weighted by molar-refractivity contribution is 6.01. The first-order chi connectivity index (χ1) is 13.6. The topological polar surface area (TPSA) is 37.3 Å². The van der Waals surface area contributed by atoms with Gasteiger partial charge in [0, 0.05) is 5.41 Å². The molecule has 0 aromatic heterocycles. The molecular weight excluding hydrogens is 356 g/mol.